The van der Waals surface area contributed by atoms with Crippen molar-refractivity contribution in [3.63, 3.8) is 0 Å². The summed E-state index contributed by atoms with van der Waals surface area (Å²) in [7, 11) is 0. The first-order chi connectivity index (χ1) is 17.4. The molecule has 0 amide bonds. The Bertz CT molecular complexity index is 1420. The minimum absolute atomic E-state index is 0.0266. The molecule has 2 aromatic carbocycles. The van der Waals surface area contributed by atoms with Crippen molar-refractivity contribution < 1.29 is 13.9 Å². The maximum atomic E-state index is 13.6. The smallest absolute Gasteiger partial charge is 0.204 e. The molecule has 0 bridgehead atoms. The molecule has 4 aromatic rings. The number of anilines is 3. The fourth-order valence-electron chi connectivity index (χ4n) is 3.57. The summed E-state index contributed by atoms with van der Waals surface area (Å²) in [4.78, 5) is 4.43. The summed E-state index contributed by atoms with van der Waals surface area (Å²) in [5.41, 5.74) is 3.96. The second-order valence-electron chi connectivity index (χ2n) is 7.52. The fraction of sp³-hybridized carbons (Fsp3) is 0.250. The van der Waals surface area contributed by atoms with E-state index in [9.17, 15) is 9.65 Å². The van der Waals surface area contributed by atoms with Gasteiger partial charge < -0.3 is 20.1 Å². The fourth-order valence-corrected chi connectivity index (χ4v) is 4.32. The number of nitrogens with one attached hydrogen (secondary N) is 3. The molecule has 0 aliphatic heterocycles. The Labute approximate surface area is 220 Å². The van der Waals surface area contributed by atoms with E-state index in [4.69, 9.17) is 21.1 Å². The number of pyridine rings is 1. The SMILES string of the molecule is CCOC(OCC)c1n[nH]nc1CNc1cc(Br)c2ncc(C#N)c(Nc3ccc(F)c(Cl)c3)c2c1. The molecule has 186 valence electrons. The van der Waals surface area contributed by atoms with E-state index in [-0.39, 0.29) is 5.02 Å². The number of aromatic nitrogens is 4. The van der Waals surface area contributed by atoms with Crippen LogP contribution >= 0.6 is 27.5 Å². The van der Waals surface area contributed by atoms with E-state index in [0.717, 1.165) is 5.69 Å². The molecule has 4 rings (SSSR count). The molecule has 0 spiro atoms. The molecule has 0 aliphatic rings. The lowest BCUT2D eigenvalue weighted by atomic mass is 10.1. The van der Waals surface area contributed by atoms with E-state index in [0.29, 0.717) is 63.5 Å². The Morgan fingerprint density at radius 1 is 1.17 bits per heavy atom. The molecule has 0 saturated carbocycles. The number of nitriles is 1. The Hall–Kier alpha value is -3.30. The Morgan fingerprint density at radius 3 is 2.64 bits per heavy atom. The highest BCUT2D eigenvalue weighted by Gasteiger charge is 2.20. The molecule has 2 heterocycles. The molecule has 2 aromatic heterocycles. The van der Waals surface area contributed by atoms with Gasteiger partial charge >= 0.3 is 0 Å². The normalized spacial score (nSPS) is 11.1. The van der Waals surface area contributed by atoms with Gasteiger partial charge in [0.25, 0.3) is 0 Å². The molecule has 0 atom stereocenters. The molecular weight excluding hydrogens is 553 g/mol. The van der Waals surface area contributed by atoms with Crippen LogP contribution in [-0.2, 0) is 16.0 Å². The number of fused-ring (bicyclic) bond motifs is 1. The average Bonchev–Trinajstić information content (AvgIpc) is 3.34. The molecule has 0 fully saturated rings. The van der Waals surface area contributed by atoms with Crippen molar-refractivity contribution in [3.8, 4) is 6.07 Å². The van der Waals surface area contributed by atoms with Gasteiger partial charge in [-0.05, 0) is 60.1 Å². The molecule has 12 heteroatoms. The van der Waals surface area contributed by atoms with Crippen molar-refractivity contribution in [2.75, 3.05) is 23.8 Å². The first-order valence-corrected chi connectivity index (χ1v) is 12.2. The number of aromatic amines is 1. The maximum absolute atomic E-state index is 13.6. The predicted molar refractivity (Wildman–Crippen MR) is 139 cm³/mol. The predicted octanol–water partition coefficient (Wildman–Crippen LogP) is 6.21. The molecular formula is C24H22BrClFN7O2. The van der Waals surface area contributed by atoms with Crippen LogP contribution in [0.1, 0.15) is 37.1 Å². The third kappa shape index (κ3) is 5.57. The molecule has 0 saturated heterocycles. The van der Waals surface area contributed by atoms with Crippen molar-refractivity contribution in [2.24, 2.45) is 0 Å². The van der Waals surface area contributed by atoms with Gasteiger partial charge in [0.15, 0.2) is 0 Å². The number of rotatable bonds is 10. The van der Waals surface area contributed by atoms with Crippen LogP contribution in [0.3, 0.4) is 0 Å². The van der Waals surface area contributed by atoms with Gasteiger partial charge in [0, 0.05) is 40.6 Å². The van der Waals surface area contributed by atoms with Crippen molar-refractivity contribution in [1.29, 1.82) is 5.26 Å². The lowest BCUT2D eigenvalue weighted by Gasteiger charge is -2.16. The zero-order chi connectivity index (χ0) is 25.7. The largest absolute Gasteiger partial charge is 0.379 e. The number of hydrogen-bond acceptors (Lipinski definition) is 8. The Balaban J connectivity index is 1.67. The second-order valence-corrected chi connectivity index (χ2v) is 8.78. The second kappa shape index (κ2) is 11.6. The number of H-pyrrole nitrogens is 1. The Morgan fingerprint density at radius 2 is 1.94 bits per heavy atom. The standard InChI is InChI=1S/C24H22BrClFN7O2/c1-3-35-24(36-4-2)23-20(32-34-33-23)12-29-15-7-16-21(31-14-5-6-19(27)18(26)9-14)13(10-28)11-30-22(16)17(25)8-15/h5-9,11,24,29H,3-4,12H2,1-2H3,(H,30,31)(H,32,33,34). The van der Waals surface area contributed by atoms with Crippen LogP contribution in [0.2, 0.25) is 5.02 Å². The van der Waals surface area contributed by atoms with Crippen LogP contribution in [0.4, 0.5) is 21.5 Å². The van der Waals surface area contributed by atoms with E-state index in [2.05, 4.69) is 53.0 Å². The van der Waals surface area contributed by atoms with Crippen LogP contribution < -0.4 is 10.6 Å². The van der Waals surface area contributed by atoms with Gasteiger partial charge in [0.1, 0.15) is 23.3 Å². The van der Waals surface area contributed by atoms with Gasteiger partial charge in [-0.2, -0.15) is 20.7 Å². The third-order valence-corrected chi connectivity index (χ3v) is 6.10. The van der Waals surface area contributed by atoms with E-state index in [1.165, 1.54) is 18.3 Å². The summed E-state index contributed by atoms with van der Waals surface area (Å²) in [5.74, 6) is -0.528. The first kappa shape index (κ1) is 25.8. The number of benzene rings is 2. The van der Waals surface area contributed by atoms with Gasteiger partial charge in [0.2, 0.25) is 6.29 Å². The third-order valence-electron chi connectivity index (χ3n) is 5.20. The topological polar surface area (TPSA) is 121 Å². The summed E-state index contributed by atoms with van der Waals surface area (Å²) < 4.78 is 25.7. The van der Waals surface area contributed by atoms with Crippen LogP contribution in [0, 0.1) is 17.1 Å². The average molecular weight is 575 g/mol. The van der Waals surface area contributed by atoms with Crippen LogP contribution in [-0.4, -0.2) is 33.6 Å². The number of hydrogen-bond donors (Lipinski definition) is 3. The number of ether oxygens (including phenoxy) is 2. The molecule has 3 N–H and O–H groups in total. The van der Waals surface area contributed by atoms with Gasteiger partial charge in [-0.25, -0.2) is 4.39 Å². The van der Waals surface area contributed by atoms with E-state index in [1.54, 1.807) is 6.07 Å². The summed E-state index contributed by atoms with van der Waals surface area (Å²) >= 11 is 9.52. The lowest BCUT2D eigenvalue weighted by molar-refractivity contribution is -0.143. The van der Waals surface area contributed by atoms with Crippen LogP contribution in [0.25, 0.3) is 10.9 Å². The molecule has 36 heavy (non-hydrogen) atoms. The maximum Gasteiger partial charge on any atom is 0.204 e. The van der Waals surface area contributed by atoms with Gasteiger partial charge in [0.05, 0.1) is 28.3 Å². The van der Waals surface area contributed by atoms with Gasteiger partial charge in [-0.3, -0.25) is 4.98 Å². The molecule has 9 nitrogen and oxygen atoms in total. The molecule has 0 aliphatic carbocycles. The first-order valence-electron chi connectivity index (χ1n) is 11.1. The summed E-state index contributed by atoms with van der Waals surface area (Å²) in [6.45, 7) is 5.02. The lowest BCUT2D eigenvalue weighted by Crippen LogP contribution is -2.13. The quantitative estimate of drug-likeness (QED) is 0.191. The minimum Gasteiger partial charge on any atom is -0.379 e. The highest BCUT2D eigenvalue weighted by molar-refractivity contribution is 9.10. The van der Waals surface area contributed by atoms with Crippen molar-refractivity contribution in [2.45, 2.75) is 26.7 Å². The van der Waals surface area contributed by atoms with E-state index >= 15 is 0 Å². The summed E-state index contributed by atoms with van der Waals surface area (Å²) in [6.07, 6.45) is 0.858. The molecule has 0 unspecified atom stereocenters. The zero-order valence-electron chi connectivity index (χ0n) is 19.4. The van der Waals surface area contributed by atoms with Crippen LogP contribution in [0.15, 0.2) is 41.0 Å². The number of nitrogens with zero attached hydrogens (tertiary/aromatic N) is 4. The molecule has 0 radical (unpaired) electrons. The van der Waals surface area contributed by atoms with Gasteiger partial charge in [-0.1, -0.05) is 11.6 Å². The van der Waals surface area contributed by atoms with E-state index < -0.39 is 12.1 Å². The van der Waals surface area contributed by atoms with Crippen molar-refractivity contribution in [1.82, 2.24) is 20.4 Å². The highest BCUT2D eigenvalue weighted by Crippen LogP contribution is 2.36. The zero-order valence-corrected chi connectivity index (χ0v) is 21.7. The van der Waals surface area contributed by atoms with E-state index in [1.807, 2.05) is 26.0 Å². The van der Waals surface area contributed by atoms with Gasteiger partial charge in [-0.15, -0.1) is 0 Å². The summed E-state index contributed by atoms with van der Waals surface area (Å²) in [6, 6.07) is 10.2. The highest BCUT2D eigenvalue weighted by atomic mass is 79.9. The monoisotopic (exact) mass is 573 g/mol. The van der Waals surface area contributed by atoms with Crippen LogP contribution in [0.5, 0.6) is 0 Å². The van der Waals surface area contributed by atoms with Crippen molar-refractivity contribution >= 4 is 55.5 Å². The minimum atomic E-state index is -0.625. The Kier molecular flexibility index (Phi) is 8.32. The summed E-state index contributed by atoms with van der Waals surface area (Å²) in [5, 5.41) is 27.9. The van der Waals surface area contributed by atoms with Crippen molar-refractivity contribution in [3.05, 3.63) is 68.8 Å². The number of halogens is 3.